The molecule has 0 radical (unpaired) electrons. The first-order valence-electron chi connectivity index (χ1n) is 5.55. The van der Waals surface area contributed by atoms with Crippen molar-refractivity contribution in [3.63, 3.8) is 0 Å². The van der Waals surface area contributed by atoms with Crippen LogP contribution < -0.4 is 0 Å². The highest BCUT2D eigenvalue weighted by Crippen LogP contribution is 2.32. The molecule has 0 bridgehead atoms. The highest BCUT2D eigenvalue weighted by Gasteiger charge is 2.17. The summed E-state index contributed by atoms with van der Waals surface area (Å²) >= 11 is 15.2. The van der Waals surface area contributed by atoms with Crippen LogP contribution in [0.15, 0.2) is 40.9 Å². The molecule has 0 aliphatic carbocycles. The normalized spacial score (nSPS) is 12.5. The minimum atomic E-state index is -0.947. The van der Waals surface area contributed by atoms with E-state index in [1.165, 1.54) is 6.07 Å². The van der Waals surface area contributed by atoms with Gasteiger partial charge in [0.2, 0.25) is 0 Å². The van der Waals surface area contributed by atoms with Crippen LogP contribution in [0.25, 0.3) is 0 Å². The molecule has 1 N–H and O–H groups in total. The van der Waals surface area contributed by atoms with E-state index in [4.69, 9.17) is 23.2 Å². The minimum Gasteiger partial charge on any atom is -0.388 e. The number of benzene rings is 2. The van der Waals surface area contributed by atoms with E-state index in [-0.39, 0.29) is 12.2 Å². The minimum absolute atomic E-state index is 0.114. The molecule has 0 heterocycles. The molecule has 0 fully saturated rings. The number of hydrogen-bond donors (Lipinski definition) is 1. The van der Waals surface area contributed by atoms with Gasteiger partial charge < -0.3 is 5.11 Å². The van der Waals surface area contributed by atoms with Crippen molar-refractivity contribution in [1.29, 1.82) is 0 Å². The summed E-state index contributed by atoms with van der Waals surface area (Å²) in [4.78, 5) is 0. The molecule has 1 unspecified atom stereocenters. The van der Waals surface area contributed by atoms with E-state index in [2.05, 4.69) is 15.9 Å². The quantitative estimate of drug-likeness (QED) is 0.797. The second-order valence-corrected chi connectivity index (χ2v) is 5.82. The van der Waals surface area contributed by atoms with Crippen molar-refractivity contribution in [2.24, 2.45) is 0 Å². The van der Waals surface area contributed by atoms with Gasteiger partial charge in [0.05, 0.1) is 6.10 Å². The van der Waals surface area contributed by atoms with E-state index < -0.39 is 6.10 Å². The van der Waals surface area contributed by atoms with Gasteiger partial charge in [0.1, 0.15) is 5.82 Å². The van der Waals surface area contributed by atoms with Crippen LogP contribution >= 0.6 is 39.1 Å². The Kier molecular flexibility index (Phi) is 4.85. The number of aliphatic hydroxyl groups is 1. The molecule has 100 valence electrons. The van der Waals surface area contributed by atoms with Crippen LogP contribution in [0.2, 0.25) is 10.0 Å². The van der Waals surface area contributed by atoms with E-state index in [1.54, 1.807) is 30.3 Å². The first-order valence-corrected chi connectivity index (χ1v) is 7.10. The fraction of sp³-hybridized carbons (Fsp3) is 0.143. The lowest BCUT2D eigenvalue weighted by molar-refractivity contribution is 0.177. The predicted octanol–water partition coefficient (Wildman–Crippen LogP) is 5.17. The average molecular weight is 364 g/mol. The summed E-state index contributed by atoms with van der Waals surface area (Å²) in [6.45, 7) is 0. The van der Waals surface area contributed by atoms with Gasteiger partial charge in [-0.15, -0.1) is 0 Å². The fourth-order valence-electron chi connectivity index (χ4n) is 1.83. The molecule has 0 aliphatic heterocycles. The maximum Gasteiger partial charge on any atom is 0.127 e. The predicted molar refractivity (Wildman–Crippen MR) is 79.2 cm³/mol. The molecule has 0 saturated heterocycles. The first-order chi connectivity index (χ1) is 8.99. The zero-order valence-corrected chi connectivity index (χ0v) is 12.8. The van der Waals surface area contributed by atoms with Gasteiger partial charge in [-0.2, -0.15) is 0 Å². The lowest BCUT2D eigenvalue weighted by atomic mass is 10.0. The highest BCUT2D eigenvalue weighted by atomic mass is 79.9. The molecular weight excluding hydrogens is 354 g/mol. The lowest BCUT2D eigenvalue weighted by Gasteiger charge is -2.15. The van der Waals surface area contributed by atoms with Gasteiger partial charge >= 0.3 is 0 Å². The Bertz CT molecular complexity index is 584. The van der Waals surface area contributed by atoms with E-state index in [0.29, 0.717) is 25.6 Å². The Morgan fingerprint density at radius 2 is 1.79 bits per heavy atom. The molecule has 2 rings (SSSR count). The Hall–Kier alpha value is -0.610. The molecule has 1 nitrogen and oxygen atoms in total. The van der Waals surface area contributed by atoms with Crippen molar-refractivity contribution < 1.29 is 9.50 Å². The van der Waals surface area contributed by atoms with Crippen LogP contribution in [0.4, 0.5) is 4.39 Å². The lowest BCUT2D eigenvalue weighted by Crippen LogP contribution is -2.05. The molecule has 0 aliphatic rings. The maximum absolute atomic E-state index is 13.7. The van der Waals surface area contributed by atoms with Crippen molar-refractivity contribution in [2.75, 3.05) is 0 Å². The number of halogens is 4. The monoisotopic (exact) mass is 362 g/mol. The van der Waals surface area contributed by atoms with Gasteiger partial charge in [-0.05, 0) is 29.8 Å². The van der Waals surface area contributed by atoms with E-state index in [0.717, 1.165) is 0 Å². The van der Waals surface area contributed by atoms with Crippen molar-refractivity contribution in [1.82, 2.24) is 0 Å². The number of aliphatic hydroxyl groups excluding tert-OH is 1. The van der Waals surface area contributed by atoms with Gasteiger partial charge in [0.15, 0.2) is 0 Å². The van der Waals surface area contributed by atoms with Crippen LogP contribution in [0.1, 0.15) is 17.2 Å². The average Bonchev–Trinajstić information content (AvgIpc) is 2.32. The summed E-state index contributed by atoms with van der Waals surface area (Å²) in [5.74, 6) is -0.378. The summed E-state index contributed by atoms with van der Waals surface area (Å²) in [5.41, 5.74) is 0.833. The van der Waals surface area contributed by atoms with Crippen molar-refractivity contribution in [2.45, 2.75) is 12.5 Å². The maximum atomic E-state index is 13.7. The van der Waals surface area contributed by atoms with Gasteiger partial charge in [0.25, 0.3) is 0 Å². The summed E-state index contributed by atoms with van der Waals surface area (Å²) in [6.07, 6.45) is -0.834. The summed E-state index contributed by atoms with van der Waals surface area (Å²) in [5, 5.41) is 10.9. The van der Waals surface area contributed by atoms with E-state index in [9.17, 15) is 9.50 Å². The van der Waals surface area contributed by atoms with Crippen LogP contribution in [-0.4, -0.2) is 5.11 Å². The van der Waals surface area contributed by atoms with Crippen molar-refractivity contribution >= 4 is 39.1 Å². The topological polar surface area (TPSA) is 20.2 Å². The standard InChI is InChI=1S/C14H10BrCl2FO/c15-9-5-4-8(12(18)7-9)6-13(19)14-10(16)2-1-3-11(14)17/h1-5,7,13,19H,6H2. The number of hydrogen-bond acceptors (Lipinski definition) is 1. The fourth-order valence-corrected chi connectivity index (χ4v) is 2.81. The molecule has 0 saturated carbocycles. The zero-order valence-electron chi connectivity index (χ0n) is 9.71. The molecule has 0 aromatic heterocycles. The highest BCUT2D eigenvalue weighted by molar-refractivity contribution is 9.10. The molecule has 19 heavy (non-hydrogen) atoms. The molecule has 0 spiro atoms. The molecular formula is C14H10BrCl2FO. The van der Waals surface area contributed by atoms with Crippen LogP contribution in [0, 0.1) is 5.82 Å². The molecule has 0 amide bonds. The molecule has 2 aromatic carbocycles. The Balaban J connectivity index is 2.28. The Morgan fingerprint density at radius 1 is 1.16 bits per heavy atom. The van der Waals surface area contributed by atoms with Gasteiger partial charge in [-0.3, -0.25) is 0 Å². The van der Waals surface area contributed by atoms with Crippen molar-refractivity contribution in [3.8, 4) is 0 Å². The van der Waals surface area contributed by atoms with E-state index in [1.807, 2.05) is 0 Å². The zero-order chi connectivity index (χ0) is 14.0. The van der Waals surface area contributed by atoms with E-state index >= 15 is 0 Å². The van der Waals surface area contributed by atoms with Gasteiger partial charge in [-0.25, -0.2) is 4.39 Å². The summed E-state index contributed by atoms with van der Waals surface area (Å²) in [6, 6.07) is 9.68. The Morgan fingerprint density at radius 3 is 2.37 bits per heavy atom. The third-order valence-corrected chi connectivity index (χ3v) is 3.91. The molecule has 1 atom stereocenters. The third kappa shape index (κ3) is 3.48. The Labute approximate surface area is 129 Å². The van der Waals surface area contributed by atoms with Crippen molar-refractivity contribution in [3.05, 3.63) is 67.9 Å². The first kappa shape index (κ1) is 14.8. The third-order valence-electron chi connectivity index (χ3n) is 2.76. The summed E-state index contributed by atoms with van der Waals surface area (Å²) in [7, 11) is 0. The smallest absolute Gasteiger partial charge is 0.127 e. The van der Waals surface area contributed by atoms with Crippen LogP contribution in [-0.2, 0) is 6.42 Å². The second-order valence-electron chi connectivity index (χ2n) is 4.09. The molecule has 2 aromatic rings. The van der Waals surface area contributed by atoms with Crippen LogP contribution in [0.5, 0.6) is 0 Å². The van der Waals surface area contributed by atoms with Gasteiger partial charge in [-0.1, -0.05) is 51.3 Å². The molecule has 5 heteroatoms. The van der Waals surface area contributed by atoms with Crippen LogP contribution in [0.3, 0.4) is 0 Å². The largest absolute Gasteiger partial charge is 0.388 e. The summed E-state index contributed by atoms with van der Waals surface area (Å²) < 4.78 is 14.4. The second kappa shape index (κ2) is 6.23. The number of rotatable bonds is 3. The SMILES string of the molecule is OC(Cc1ccc(Br)cc1F)c1c(Cl)cccc1Cl. The van der Waals surface area contributed by atoms with Gasteiger partial charge in [0, 0.05) is 26.5 Å².